The number of hydrogen-bond donors (Lipinski definition) is 0. The van der Waals surface area contributed by atoms with E-state index in [2.05, 4.69) is 6.92 Å². The van der Waals surface area contributed by atoms with Crippen molar-refractivity contribution in [1.82, 2.24) is 0 Å². The zero-order valence-electron chi connectivity index (χ0n) is 5.93. The van der Waals surface area contributed by atoms with Crippen LogP contribution in [0.25, 0.3) is 0 Å². The third-order valence-corrected chi connectivity index (χ3v) is 1.49. The van der Waals surface area contributed by atoms with E-state index in [4.69, 9.17) is 4.42 Å². The first-order chi connectivity index (χ1) is 4.74. The summed E-state index contributed by atoms with van der Waals surface area (Å²) in [7, 11) is 0. The maximum Gasteiger partial charge on any atom is 0.277 e. The zero-order chi connectivity index (χ0) is 7.56. The number of halogens is 1. The van der Waals surface area contributed by atoms with Crippen molar-refractivity contribution in [3.8, 4) is 0 Å². The van der Waals surface area contributed by atoms with E-state index in [0.717, 1.165) is 6.42 Å². The molecule has 1 radical (unpaired) electrons. The average Bonchev–Trinajstić information content (AvgIpc) is 2.34. The van der Waals surface area contributed by atoms with Gasteiger partial charge in [0.05, 0.1) is 0 Å². The van der Waals surface area contributed by atoms with Crippen molar-refractivity contribution in [1.29, 1.82) is 0 Å². The van der Waals surface area contributed by atoms with Crippen LogP contribution in [-0.2, 0) is 0 Å². The van der Waals surface area contributed by atoms with Gasteiger partial charge in [-0.25, -0.2) is 0 Å². The Balaban J connectivity index is 2.74. The molecule has 2 heteroatoms. The van der Waals surface area contributed by atoms with Gasteiger partial charge < -0.3 is 4.42 Å². The van der Waals surface area contributed by atoms with E-state index in [1.807, 2.05) is 6.92 Å². The van der Waals surface area contributed by atoms with E-state index in [1.165, 1.54) is 6.07 Å². The van der Waals surface area contributed by atoms with Crippen LogP contribution < -0.4 is 0 Å². The molecular weight excluding hydrogens is 131 g/mol. The first-order valence-corrected chi connectivity index (χ1v) is 3.32. The normalized spacial score (nSPS) is 13.5. The van der Waals surface area contributed by atoms with Crippen LogP contribution in [0.15, 0.2) is 16.5 Å². The summed E-state index contributed by atoms with van der Waals surface area (Å²) in [4.78, 5) is 0. The van der Waals surface area contributed by atoms with Crippen molar-refractivity contribution in [3.05, 3.63) is 30.8 Å². The molecule has 0 saturated heterocycles. The van der Waals surface area contributed by atoms with Gasteiger partial charge in [0.2, 0.25) is 0 Å². The molecule has 0 bridgehead atoms. The second-order valence-corrected chi connectivity index (χ2v) is 2.25. The van der Waals surface area contributed by atoms with Crippen molar-refractivity contribution in [2.24, 2.45) is 0 Å². The van der Waals surface area contributed by atoms with E-state index >= 15 is 0 Å². The van der Waals surface area contributed by atoms with Crippen LogP contribution in [0.2, 0.25) is 0 Å². The molecule has 0 aromatic carbocycles. The van der Waals surface area contributed by atoms with Gasteiger partial charge in [0.1, 0.15) is 5.76 Å². The molecule has 1 atom stereocenters. The maximum absolute atomic E-state index is 12.2. The predicted octanol–water partition coefficient (Wildman–Crippen LogP) is 2.75. The van der Waals surface area contributed by atoms with Crippen LogP contribution in [0.5, 0.6) is 0 Å². The summed E-state index contributed by atoms with van der Waals surface area (Å²) >= 11 is 0. The standard InChI is InChI=1S/C8H10FO/c1-3-6(2)7-4-5-8(9)10-7/h4-6H,2-3H2,1H3. The lowest BCUT2D eigenvalue weighted by molar-refractivity contribution is 0.330. The minimum Gasteiger partial charge on any atom is -0.436 e. The summed E-state index contributed by atoms with van der Waals surface area (Å²) < 4.78 is 16.9. The molecule has 0 spiro atoms. The fraction of sp³-hybridized carbons (Fsp3) is 0.375. The third kappa shape index (κ3) is 1.38. The molecule has 1 nitrogen and oxygen atoms in total. The second kappa shape index (κ2) is 2.86. The highest BCUT2D eigenvalue weighted by atomic mass is 19.1. The van der Waals surface area contributed by atoms with Gasteiger partial charge in [-0.05, 0) is 19.4 Å². The Bertz CT molecular complexity index is 205. The van der Waals surface area contributed by atoms with Gasteiger partial charge in [-0.15, -0.1) is 0 Å². The van der Waals surface area contributed by atoms with Gasteiger partial charge in [0.25, 0.3) is 6.01 Å². The lowest BCUT2D eigenvalue weighted by atomic mass is 10.1. The Hall–Kier alpha value is -0.790. The van der Waals surface area contributed by atoms with Crippen LogP contribution in [-0.4, -0.2) is 0 Å². The SMILES string of the molecule is [CH2]C(CC)c1ccc(F)o1. The Morgan fingerprint density at radius 2 is 2.40 bits per heavy atom. The van der Waals surface area contributed by atoms with Crippen molar-refractivity contribution in [2.45, 2.75) is 19.3 Å². The highest BCUT2D eigenvalue weighted by Crippen LogP contribution is 2.19. The van der Waals surface area contributed by atoms with Gasteiger partial charge in [0.15, 0.2) is 0 Å². The largest absolute Gasteiger partial charge is 0.436 e. The summed E-state index contributed by atoms with van der Waals surface area (Å²) in [5, 5.41) is 0. The van der Waals surface area contributed by atoms with Crippen molar-refractivity contribution < 1.29 is 8.81 Å². The smallest absolute Gasteiger partial charge is 0.277 e. The van der Waals surface area contributed by atoms with Crippen LogP contribution in [0.3, 0.4) is 0 Å². The highest BCUT2D eigenvalue weighted by molar-refractivity contribution is 5.06. The molecule has 0 aliphatic rings. The van der Waals surface area contributed by atoms with E-state index in [-0.39, 0.29) is 5.92 Å². The molecule has 0 aliphatic carbocycles. The van der Waals surface area contributed by atoms with Gasteiger partial charge in [0, 0.05) is 12.0 Å². The predicted molar refractivity (Wildman–Crippen MR) is 37.1 cm³/mol. The Labute approximate surface area is 59.9 Å². The molecule has 55 valence electrons. The molecular formula is C8H10FO. The molecule has 0 N–H and O–H groups in total. The van der Waals surface area contributed by atoms with Gasteiger partial charge in [-0.1, -0.05) is 6.92 Å². The Kier molecular flexibility index (Phi) is 2.10. The number of furan rings is 1. The summed E-state index contributed by atoms with van der Waals surface area (Å²) in [6.45, 7) is 5.76. The van der Waals surface area contributed by atoms with Crippen molar-refractivity contribution >= 4 is 0 Å². The average molecular weight is 141 g/mol. The first-order valence-electron chi connectivity index (χ1n) is 3.32. The van der Waals surface area contributed by atoms with E-state index in [1.54, 1.807) is 6.07 Å². The summed E-state index contributed by atoms with van der Waals surface area (Å²) in [5.74, 6) is 0.699. The maximum atomic E-state index is 12.2. The topological polar surface area (TPSA) is 13.1 Å². The second-order valence-electron chi connectivity index (χ2n) is 2.25. The molecule has 0 aliphatic heterocycles. The van der Waals surface area contributed by atoms with Crippen LogP contribution >= 0.6 is 0 Å². The first kappa shape index (κ1) is 7.32. The summed E-state index contributed by atoms with van der Waals surface area (Å²) in [6, 6.07) is 2.40. The molecule has 0 fully saturated rings. The molecule has 1 heterocycles. The molecule has 1 aromatic rings. The lowest BCUT2D eigenvalue weighted by Gasteiger charge is -2.01. The zero-order valence-corrected chi connectivity index (χ0v) is 5.93. The minimum absolute atomic E-state index is 0.0736. The summed E-state index contributed by atoms with van der Waals surface area (Å²) in [5.41, 5.74) is 0. The quantitative estimate of drug-likeness (QED) is 0.617. The minimum atomic E-state index is -0.530. The van der Waals surface area contributed by atoms with Gasteiger partial charge in [-0.2, -0.15) is 4.39 Å². The van der Waals surface area contributed by atoms with Crippen molar-refractivity contribution in [3.63, 3.8) is 0 Å². The lowest BCUT2D eigenvalue weighted by Crippen LogP contribution is -1.86. The molecule has 1 aromatic heterocycles. The fourth-order valence-corrected chi connectivity index (χ4v) is 0.749. The van der Waals surface area contributed by atoms with Crippen molar-refractivity contribution in [2.75, 3.05) is 0 Å². The molecule has 0 saturated carbocycles. The Morgan fingerprint density at radius 3 is 2.80 bits per heavy atom. The Morgan fingerprint density at radius 1 is 1.70 bits per heavy atom. The van der Waals surface area contributed by atoms with E-state index < -0.39 is 6.01 Å². The third-order valence-electron chi connectivity index (χ3n) is 1.49. The monoisotopic (exact) mass is 141 g/mol. The molecule has 1 rings (SSSR count). The molecule has 0 amide bonds. The number of rotatable bonds is 2. The molecule has 1 unspecified atom stereocenters. The highest BCUT2D eigenvalue weighted by Gasteiger charge is 2.07. The van der Waals surface area contributed by atoms with E-state index in [9.17, 15) is 4.39 Å². The number of hydrogen-bond acceptors (Lipinski definition) is 1. The fourth-order valence-electron chi connectivity index (χ4n) is 0.749. The molecule has 10 heavy (non-hydrogen) atoms. The van der Waals surface area contributed by atoms with Gasteiger partial charge in [-0.3, -0.25) is 0 Å². The van der Waals surface area contributed by atoms with Crippen LogP contribution in [0.1, 0.15) is 25.0 Å². The summed E-state index contributed by atoms with van der Waals surface area (Å²) in [6.07, 6.45) is 0.868. The van der Waals surface area contributed by atoms with Crippen LogP contribution in [0, 0.1) is 12.9 Å². The van der Waals surface area contributed by atoms with Gasteiger partial charge >= 0.3 is 0 Å². The van der Waals surface area contributed by atoms with E-state index in [0.29, 0.717) is 5.76 Å². The van der Waals surface area contributed by atoms with Crippen LogP contribution in [0.4, 0.5) is 4.39 Å².